The summed E-state index contributed by atoms with van der Waals surface area (Å²) in [7, 11) is 1.89. The van der Waals surface area contributed by atoms with E-state index in [0.29, 0.717) is 5.92 Å². The molecule has 0 amide bonds. The zero-order chi connectivity index (χ0) is 13.7. The second-order valence-electron chi connectivity index (χ2n) is 4.70. The summed E-state index contributed by atoms with van der Waals surface area (Å²) in [5, 5.41) is 10.8. The quantitative estimate of drug-likeness (QED) is 0.849. The second kappa shape index (κ2) is 6.52. The van der Waals surface area contributed by atoms with E-state index >= 15 is 0 Å². The maximum Gasteiger partial charge on any atom is 0.134 e. The van der Waals surface area contributed by atoms with E-state index in [9.17, 15) is 0 Å². The van der Waals surface area contributed by atoms with Crippen LogP contribution < -0.4 is 10.6 Å². The van der Waals surface area contributed by atoms with Crippen LogP contribution in [0, 0.1) is 0 Å². The molecular formula is C14H20N4S. The molecule has 0 bridgehead atoms. The van der Waals surface area contributed by atoms with Gasteiger partial charge in [0.15, 0.2) is 0 Å². The third-order valence-electron chi connectivity index (χ3n) is 2.98. The largest absolute Gasteiger partial charge is 0.373 e. The lowest BCUT2D eigenvalue weighted by Gasteiger charge is -2.16. The molecule has 0 unspecified atom stereocenters. The van der Waals surface area contributed by atoms with Gasteiger partial charge in [0.1, 0.15) is 18.0 Å². The van der Waals surface area contributed by atoms with Gasteiger partial charge in [-0.1, -0.05) is 13.8 Å². The SMILES string of the molecule is CNc1ncnc(NCCc2ccsc2)c1C(C)C. The molecule has 2 heterocycles. The zero-order valence-electron chi connectivity index (χ0n) is 11.6. The standard InChI is InChI=1S/C14H20N4S/c1-10(2)12-13(15-3)17-9-18-14(12)16-6-4-11-5-7-19-8-11/h5,7-10H,4,6H2,1-3H3,(H2,15,16,17,18). The number of thiophene rings is 1. The molecule has 5 heteroatoms. The van der Waals surface area contributed by atoms with E-state index in [1.807, 2.05) is 7.05 Å². The normalized spacial score (nSPS) is 10.7. The Kier molecular flexibility index (Phi) is 4.74. The van der Waals surface area contributed by atoms with Crippen LogP contribution >= 0.6 is 11.3 Å². The number of nitrogens with one attached hydrogen (secondary N) is 2. The van der Waals surface area contributed by atoms with Gasteiger partial charge >= 0.3 is 0 Å². The average Bonchev–Trinajstić information content (AvgIpc) is 2.91. The van der Waals surface area contributed by atoms with Gasteiger partial charge in [-0.05, 0) is 34.7 Å². The van der Waals surface area contributed by atoms with Gasteiger partial charge < -0.3 is 10.6 Å². The average molecular weight is 276 g/mol. The first-order chi connectivity index (χ1) is 9.22. The highest BCUT2D eigenvalue weighted by atomic mass is 32.1. The monoisotopic (exact) mass is 276 g/mol. The van der Waals surface area contributed by atoms with Gasteiger partial charge in [0.25, 0.3) is 0 Å². The first-order valence-corrected chi connectivity index (χ1v) is 7.44. The summed E-state index contributed by atoms with van der Waals surface area (Å²) in [5.74, 6) is 2.22. The van der Waals surface area contributed by atoms with Gasteiger partial charge in [0, 0.05) is 19.2 Å². The number of nitrogens with zero attached hydrogens (tertiary/aromatic N) is 2. The third kappa shape index (κ3) is 3.44. The molecule has 2 aromatic heterocycles. The molecule has 0 radical (unpaired) electrons. The fourth-order valence-corrected chi connectivity index (χ4v) is 2.75. The van der Waals surface area contributed by atoms with Crippen LogP contribution in [0.15, 0.2) is 23.2 Å². The smallest absolute Gasteiger partial charge is 0.134 e. The van der Waals surface area contributed by atoms with E-state index in [0.717, 1.165) is 30.2 Å². The van der Waals surface area contributed by atoms with Crippen LogP contribution in [-0.4, -0.2) is 23.6 Å². The maximum absolute atomic E-state index is 4.37. The highest BCUT2D eigenvalue weighted by Crippen LogP contribution is 2.27. The van der Waals surface area contributed by atoms with Gasteiger partial charge in [-0.2, -0.15) is 11.3 Å². The summed E-state index contributed by atoms with van der Waals surface area (Å²) in [6.45, 7) is 5.20. The van der Waals surface area contributed by atoms with Crippen LogP contribution in [0.5, 0.6) is 0 Å². The predicted molar refractivity (Wildman–Crippen MR) is 82.2 cm³/mol. The molecule has 0 saturated heterocycles. The van der Waals surface area contributed by atoms with Crippen molar-refractivity contribution in [2.24, 2.45) is 0 Å². The lowest BCUT2D eigenvalue weighted by molar-refractivity contribution is 0.845. The Morgan fingerprint density at radius 2 is 2.05 bits per heavy atom. The highest BCUT2D eigenvalue weighted by molar-refractivity contribution is 7.07. The van der Waals surface area contributed by atoms with E-state index in [1.165, 1.54) is 5.56 Å². The molecule has 0 spiro atoms. The second-order valence-corrected chi connectivity index (χ2v) is 5.48. The molecule has 2 N–H and O–H groups in total. The Morgan fingerprint density at radius 3 is 2.68 bits per heavy atom. The molecule has 0 atom stereocenters. The summed E-state index contributed by atoms with van der Waals surface area (Å²) in [6, 6.07) is 2.16. The van der Waals surface area contributed by atoms with Crippen molar-refractivity contribution in [2.45, 2.75) is 26.2 Å². The first-order valence-electron chi connectivity index (χ1n) is 6.50. The van der Waals surface area contributed by atoms with Crippen molar-refractivity contribution < 1.29 is 0 Å². The fraction of sp³-hybridized carbons (Fsp3) is 0.429. The van der Waals surface area contributed by atoms with Crippen LogP contribution in [0.25, 0.3) is 0 Å². The Labute approximate surface area is 118 Å². The molecule has 2 aromatic rings. The Morgan fingerprint density at radius 1 is 1.26 bits per heavy atom. The molecule has 0 saturated carbocycles. The molecule has 0 aliphatic rings. The highest BCUT2D eigenvalue weighted by Gasteiger charge is 2.13. The Balaban J connectivity index is 2.07. The molecule has 0 aromatic carbocycles. The van der Waals surface area contributed by atoms with E-state index in [1.54, 1.807) is 17.7 Å². The van der Waals surface area contributed by atoms with Crippen molar-refractivity contribution in [3.63, 3.8) is 0 Å². The third-order valence-corrected chi connectivity index (χ3v) is 3.72. The molecule has 0 aliphatic carbocycles. The van der Waals surface area contributed by atoms with Crippen molar-refractivity contribution >= 4 is 23.0 Å². The van der Waals surface area contributed by atoms with Gasteiger partial charge in [-0.25, -0.2) is 9.97 Å². The summed E-state index contributed by atoms with van der Waals surface area (Å²) in [5.41, 5.74) is 2.52. The predicted octanol–water partition coefficient (Wildman–Crippen LogP) is 3.36. The molecule has 2 rings (SSSR count). The molecular weight excluding hydrogens is 256 g/mol. The lowest BCUT2D eigenvalue weighted by atomic mass is 10.0. The number of rotatable bonds is 6. The molecule has 102 valence electrons. The number of hydrogen-bond acceptors (Lipinski definition) is 5. The summed E-state index contributed by atoms with van der Waals surface area (Å²) < 4.78 is 0. The van der Waals surface area contributed by atoms with Gasteiger partial charge in [0.05, 0.1) is 0 Å². The van der Waals surface area contributed by atoms with Crippen LogP contribution in [0.2, 0.25) is 0 Å². The van der Waals surface area contributed by atoms with Gasteiger partial charge in [-0.3, -0.25) is 0 Å². The topological polar surface area (TPSA) is 49.8 Å². The van der Waals surface area contributed by atoms with Crippen molar-refractivity contribution in [3.8, 4) is 0 Å². The van der Waals surface area contributed by atoms with E-state index in [4.69, 9.17) is 0 Å². The van der Waals surface area contributed by atoms with Gasteiger partial charge in [-0.15, -0.1) is 0 Å². The minimum absolute atomic E-state index is 0.382. The van der Waals surface area contributed by atoms with Crippen molar-refractivity contribution in [1.82, 2.24) is 9.97 Å². The van der Waals surface area contributed by atoms with Crippen molar-refractivity contribution in [2.75, 3.05) is 24.2 Å². The molecule has 19 heavy (non-hydrogen) atoms. The van der Waals surface area contributed by atoms with Crippen molar-refractivity contribution in [1.29, 1.82) is 0 Å². The fourth-order valence-electron chi connectivity index (χ4n) is 2.04. The maximum atomic E-state index is 4.37. The van der Waals surface area contributed by atoms with E-state index in [-0.39, 0.29) is 0 Å². The number of anilines is 2. The van der Waals surface area contributed by atoms with Crippen LogP contribution in [0.3, 0.4) is 0 Å². The minimum atomic E-state index is 0.382. The van der Waals surface area contributed by atoms with E-state index < -0.39 is 0 Å². The van der Waals surface area contributed by atoms with Gasteiger partial charge in [0.2, 0.25) is 0 Å². The first kappa shape index (κ1) is 13.8. The number of hydrogen-bond donors (Lipinski definition) is 2. The molecule has 0 fully saturated rings. The minimum Gasteiger partial charge on any atom is -0.373 e. The van der Waals surface area contributed by atoms with Crippen LogP contribution in [-0.2, 0) is 6.42 Å². The van der Waals surface area contributed by atoms with Crippen LogP contribution in [0.1, 0.15) is 30.9 Å². The summed E-state index contributed by atoms with van der Waals surface area (Å²) in [4.78, 5) is 8.64. The van der Waals surface area contributed by atoms with E-state index in [2.05, 4.69) is 51.3 Å². The van der Waals surface area contributed by atoms with Crippen LogP contribution in [0.4, 0.5) is 11.6 Å². The number of aromatic nitrogens is 2. The molecule has 0 aliphatic heterocycles. The lowest BCUT2D eigenvalue weighted by Crippen LogP contribution is -2.11. The Bertz CT molecular complexity index is 508. The summed E-state index contributed by atoms with van der Waals surface area (Å²) in [6.07, 6.45) is 2.62. The van der Waals surface area contributed by atoms with Crippen molar-refractivity contribution in [3.05, 3.63) is 34.3 Å². The summed E-state index contributed by atoms with van der Waals surface area (Å²) >= 11 is 1.74. The Hall–Kier alpha value is -1.62. The zero-order valence-corrected chi connectivity index (χ0v) is 12.4. The molecule has 4 nitrogen and oxygen atoms in total.